The van der Waals surface area contributed by atoms with Crippen LogP contribution in [0, 0.1) is 26.7 Å². The molecule has 0 fully saturated rings. The number of aromatic nitrogens is 4. The second-order valence-corrected chi connectivity index (χ2v) is 16.4. The monoisotopic (exact) mass is 786 g/mol. The third kappa shape index (κ3) is 15.1. The van der Waals surface area contributed by atoms with E-state index in [0.29, 0.717) is 29.1 Å². The van der Waals surface area contributed by atoms with Gasteiger partial charge in [-0.3, -0.25) is 0 Å². The van der Waals surface area contributed by atoms with Gasteiger partial charge in [-0.15, -0.1) is 5.54 Å². The van der Waals surface area contributed by atoms with Gasteiger partial charge in [0.05, 0.1) is 15.3 Å². The van der Waals surface area contributed by atoms with Gasteiger partial charge in [-0.2, -0.15) is 23.5 Å². The van der Waals surface area contributed by atoms with Crippen molar-refractivity contribution in [1.29, 1.82) is 0 Å². The van der Waals surface area contributed by atoms with Crippen molar-refractivity contribution in [2.45, 2.75) is 46.3 Å². The van der Waals surface area contributed by atoms with Crippen LogP contribution in [0.15, 0.2) is 60.9 Å². The molecule has 0 saturated carbocycles. The molecule has 46 heavy (non-hydrogen) atoms. The standard InChI is InChI=1S/C18H23FN4Si.C13H14FIN4.F2.H2S/c1-5-10-20-17-14(9-11-24(2,3)4)13-21-18(23-17)22-16-8-6-7-15(19)12-16;1-2-6-16-12-11(15)8-17-13(19-12)18-10-5-3-4-9(14)7-10;1-2;/h6-8,12-13H,5,10H2,1-4H3,(H2,20,21,22,23);3-5,7-8H,2,6H2,1H3,(H2,16,17,18,19);;1H2. The second-order valence-electron chi connectivity index (χ2n) is 10.5. The van der Waals surface area contributed by atoms with Crippen LogP contribution in [0.25, 0.3) is 0 Å². The molecule has 0 unspecified atom stereocenters. The Bertz CT molecular complexity index is 1570. The maximum atomic E-state index is 13.3. The molecule has 4 N–H and O–H groups in total. The quantitative estimate of drug-likeness (QED) is 0.0547. The Labute approximate surface area is 289 Å². The molecule has 2 heterocycles. The first kappa shape index (κ1) is 40.4. The average Bonchev–Trinajstić information content (AvgIpc) is 3.01. The van der Waals surface area contributed by atoms with Crippen molar-refractivity contribution in [3.63, 3.8) is 0 Å². The molecule has 248 valence electrons. The molecule has 2 aromatic carbocycles. The fourth-order valence-electron chi connectivity index (χ4n) is 3.35. The van der Waals surface area contributed by atoms with Crippen LogP contribution in [-0.2, 0) is 0 Å². The van der Waals surface area contributed by atoms with Crippen molar-refractivity contribution in [3.8, 4) is 11.5 Å². The van der Waals surface area contributed by atoms with E-state index in [0.717, 1.165) is 40.9 Å². The molecule has 0 aliphatic carbocycles. The van der Waals surface area contributed by atoms with Crippen molar-refractivity contribution < 1.29 is 17.9 Å². The summed E-state index contributed by atoms with van der Waals surface area (Å²) in [5, 5.41) is 12.5. The normalized spacial score (nSPS) is 9.96. The second kappa shape index (κ2) is 21.2. The molecule has 0 saturated heterocycles. The number of nitrogens with one attached hydrogen (secondary N) is 4. The molecule has 0 aliphatic heterocycles. The molecule has 4 rings (SSSR count). The number of benzene rings is 2. The van der Waals surface area contributed by atoms with Crippen LogP contribution in [0.4, 0.5) is 52.8 Å². The number of hydrogen-bond acceptors (Lipinski definition) is 8. The van der Waals surface area contributed by atoms with Gasteiger partial charge >= 0.3 is 0 Å². The zero-order valence-electron chi connectivity index (χ0n) is 26.3. The molecule has 0 atom stereocenters. The van der Waals surface area contributed by atoms with Crippen LogP contribution >= 0.6 is 36.1 Å². The lowest BCUT2D eigenvalue weighted by atomic mass is 10.3. The van der Waals surface area contributed by atoms with E-state index in [2.05, 4.69) is 109 Å². The summed E-state index contributed by atoms with van der Waals surface area (Å²) in [6.45, 7) is 12.4. The highest BCUT2D eigenvalue weighted by molar-refractivity contribution is 14.1. The Hall–Kier alpha value is -3.62. The molecule has 15 heteroatoms. The molecule has 0 bridgehead atoms. The zero-order chi connectivity index (χ0) is 33.2. The first-order valence-corrected chi connectivity index (χ1v) is 18.7. The van der Waals surface area contributed by atoms with Crippen LogP contribution in [0.5, 0.6) is 0 Å². The lowest BCUT2D eigenvalue weighted by Gasteiger charge is -2.10. The largest absolute Gasteiger partial charge is 0.369 e. The van der Waals surface area contributed by atoms with Gasteiger partial charge in [-0.1, -0.05) is 51.5 Å². The highest BCUT2D eigenvalue weighted by atomic mass is 127. The van der Waals surface area contributed by atoms with E-state index in [1.165, 1.54) is 24.3 Å². The maximum absolute atomic E-state index is 13.3. The first-order chi connectivity index (χ1) is 21.6. The molecule has 8 nitrogen and oxygen atoms in total. The molecule has 4 aromatic rings. The fourth-order valence-corrected chi connectivity index (χ4v) is 4.31. The first-order valence-electron chi connectivity index (χ1n) is 14.2. The highest BCUT2D eigenvalue weighted by Crippen LogP contribution is 2.20. The van der Waals surface area contributed by atoms with Gasteiger partial charge in [0.15, 0.2) is 0 Å². The minimum Gasteiger partial charge on any atom is -0.369 e. The molecule has 0 aliphatic rings. The third-order valence-corrected chi connectivity index (χ3v) is 7.02. The average molecular weight is 787 g/mol. The van der Waals surface area contributed by atoms with E-state index in [1.807, 2.05) is 0 Å². The maximum Gasteiger partial charge on any atom is 0.229 e. The van der Waals surface area contributed by atoms with Crippen LogP contribution in [0.2, 0.25) is 19.6 Å². The number of anilines is 6. The summed E-state index contributed by atoms with van der Waals surface area (Å²) in [6.07, 6.45) is 5.44. The number of nitrogens with zero attached hydrogens (tertiary/aromatic N) is 4. The summed E-state index contributed by atoms with van der Waals surface area (Å²) >= 11 is 2.18. The Kier molecular flexibility index (Phi) is 18.6. The summed E-state index contributed by atoms with van der Waals surface area (Å²) in [5.41, 5.74) is 5.35. The summed E-state index contributed by atoms with van der Waals surface area (Å²) in [5.74, 6) is 4.96. The Morgan fingerprint density at radius 2 is 1.24 bits per heavy atom. The summed E-state index contributed by atoms with van der Waals surface area (Å²) < 4.78 is 43.3. The van der Waals surface area contributed by atoms with E-state index in [-0.39, 0.29) is 25.1 Å². The van der Waals surface area contributed by atoms with Crippen LogP contribution < -0.4 is 21.3 Å². The minimum atomic E-state index is -1.48. The highest BCUT2D eigenvalue weighted by Gasteiger charge is 2.10. The Morgan fingerprint density at radius 1 is 0.761 bits per heavy atom. The van der Waals surface area contributed by atoms with Gasteiger partial charge < -0.3 is 21.3 Å². The van der Waals surface area contributed by atoms with Crippen molar-refractivity contribution in [2.75, 3.05) is 34.4 Å². The van der Waals surface area contributed by atoms with Gasteiger partial charge in [0.1, 0.15) is 31.3 Å². The SMILES string of the molecule is CCCNc1nc(Nc2cccc(F)c2)ncc1C#C[Si](C)(C)C.CCCNc1nc(Nc2cccc(F)c2)ncc1I.FF.S. The molecule has 0 radical (unpaired) electrons. The number of halogens is 5. The van der Waals surface area contributed by atoms with Gasteiger partial charge in [-0.25, -0.2) is 18.7 Å². The lowest BCUT2D eigenvalue weighted by molar-refractivity contribution is 0.108. The molecular formula is C31H39F4IN8SSi. The molecule has 2 aromatic heterocycles. The van der Waals surface area contributed by atoms with Crippen molar-refractivity contribution in [3.05, 3.63) is 81.7 Å². The summed E-state index contributed by atoms with van der Waals surface area (Å²) in [4.78, 5) is 17.3. The fraction of sp³-hybridized carbons (Fsp3) is 0.290. The summed E-state index contributed by atoms with van der Waals surface area (Å²) in [7, 11) is -1.48. The van der Waals surface area contributed by atoms with E-state index in [1.54, 1.807) is 36.7 Å². The van der Waals surface area contributed by atoms with E-state index < -0.39 is 8.07 Å². The lowest BCUT2D eigenvalue weighted by Crippen LogP contribution is -2.16. The Morgan fingerprint density at radius 3 is 1.72 bits per heavy atom. The van der Waals surface area contributed by atoms with E-state index in [9.17, 15) is 8.78 Å². The zero-order valence-corrected chi connectivity index (χ0v) is 30.4. The van der Waals surface area contributed by atoms with Crippen molar-refractivity contribution in [1.82, 2.24) is 19.9 Å². The van der Waals surface area contributed by atoms with Gasteiger partial charge in [0.2, 0.25) is 11.9 Å². The van der Waals surface area contributed by atoms with Crippen molar-refractivity contribution in [2.24, 2.45) is 0 Å². The van der Waals surface area contributed by atoms with Crippen LogP contribution in [-0.4, -0.2) is 41.1 Å². The van der Waals surface area contributed by atoms with Gasteiger partial charge in [-0.05, 0) is 71.8 Å². The van der Waals surface area contributed by atoms with Crippen molar-refractivity contribution >= 4 is 79.1 Å². The van der Waals surface area contributed by atoms with Gasteiger partial charge in [0.25, 0.3) is 0 Å². The van der Waals surface area contributed by atoms with E-state index in [4.69, 9.17) is 9.15 Å². The molecule has 0 spiro atoms. The van der Waals surface area contributed by atoms with Crippen LogP contribution in [0.1, 0.15) is 32.3 Å². The Balaban J connectivity index is 0.000000437. The molecule has 0 amide bonds. The molecular weight excluding hydrogens is 747 g/mol. The predicted molar refractivity (Wildman–Crippen MR) is 197 cm³/mol. The third-order valence-electron chi connectivity index (χ3n) is 5.35. The smallest absolute Gasteiger partial charge is 0.229 e. The summed E-state index contributed by atoms with van der Waals surface area (Å²) in [6, 6.07) is 12.4. The van der Waals surface area contributed by atoms with Crippen LogP contribution in [0.3, 0.4) is 0 Å². The topological polar surface area (TPSA) is 99.7 Å². The number of rotatable bonds is 10. The predicted octanol–water partition coefficient (Wildman–Crippen LogP) is 9.15. The minimum absolute atomic E-state index is 0. The van der Waals surface area contributed by atoms with Gasteiger partial charge in [0, 0.05) is 39.8 Å². The number of hydrogen-bond donors (Lipinski definition) is 4. The van der Waals surface area contributed by atoms with E-state index >= 15 is 0 Å².